The molecule has 0 atom stereocenters. The third-order valence-corrected chi connectivity index (χ3v) is 1.05. The Labute approximate surface area is 65.9 Å². The summed E-state index contributed by atoms with van der Waals surface area (Å²) in [4.78, 5) is 3.39. The number of hydrogen-bond acceptors (Lipinski definition) is 3. The molecule has 1 heterocycles. The first-order valence-electron chi connectivity index (χ1n) is 1.87. The smallest absolute Gasteiger partial charge is 0.279 e. The van der Waals surface area contributed by atoms with E-state index in [4.69, 9.17) is 34.8 Å². The Morgan fingerprint density at radius 2 is 2.11 bits per heavy atom. The molecule has 49 valence electrons. The van der Waals surface area contributed by atoms with E-state index in [1.54, 1.807) is 0 Å². The fourth-order valence-corrected chi connectivity index (χ4v) is 0.495. The average Bonchev–Trinajstić information content (AvgIpc) is 2.08. The van der Waals surface area contributed by atoms with Crippen LogP contribution >= 0.6 is 34.8 Å². The van der Waals surface area contributed by atoms with E-state index in [1.165, 1.54) is 0 Å². The van der Waals surface area contributed by atoms with Crippen LogP contribution in [0.4, 0.5) is 0 Å². The van der Waals surface area contributed by atoms with Crippen molar-refractivity contribution in [2.45, 2.75) is 3.79 Å². The molecule has 1 aromatic rings. The Morgan fingerprint density at radius 3 is 2.33 bits per heavy atom. The molecule has 1 rings (SSSR count). The van der Waals surface area contributed by atoms with Gasteiger partial charge in [0.15, 0.2) is 0 Å². The van der Waals surface area contributed by atoms with Crippen LogP contribution in [-0.2, 0) is 3.79 Å². The van der Waals surface area contributed by atoms with Crippen LogP contribution in [0.1, 0.15) is 5.89 Å². The maximum Gasteiger partial charge on any atom is 0.279 e. The van der Waals surface area contributed by atoms with Crippen molar-refractivity contribution in [3.63, 3.8) is 0 Å². The molecule has 1 radical (unpaired) electrons. The highest BCUT2D eigenvalue weighted by Gasteiger charge is 2.29. The SMILES string of the molecule is ClC(Cl)(Cl)c1n[c]no1. The lowest BCUT2D eigenvalue weighted by Gasteiger charge is -2.00. The minimum Gasteiger partial charge on any atom is -0.334 e. The van der Waals surface area contributed by atoms with E-state index in [2.05, 4.69) is 21.0 Å². The molecule has 0 aliphatic carbocycles. The van der Waals surface area contributed by atoms with E-state index in [0.717, 1.165) is 0 Å². The Balaban J connectivity index is 2.90. The largest absolute Gasteiger partial charge is 0.334 e. The number of hydrogen-bond donors (Lipinski definition) is 0. The van der Waals surface area contributed by atoms with Crippen LogP contribution in [0.3, 0.4) is 0 Å². The Kier molecular flexibility index (Phi) is 1.84. The van der Waals surface area contributed by atoms with Gasteiger partial charge >= 0.3 is 0 Å². The van der Waals surface area contributed by atoms with Gasteiger partial charge < -0.3 is 4.52 Å². The van der Waals surface area contributed by atoms with Gasteiger partial charge in [0.25, 0.3) is 9.68 Å². The maximum absolute atomic E-state index is 5.31. The number of aromatic nitrogens is 2. The minimum absolute atomic E-state index is 0.0764. The molecule has 0 saturated carbocycles. The van der Waals surface area contributed by atoms with Gasteiger partial charge in [0.2, 0.25) is 6.33 Å². The van der Waals surface area contributed by atoms with E-state index in [0.29, 0.717) is 0 Å². The van der Waals surface area contributed by atoms with Crippen molar-refractivity contribution in [1.82, 2.24) is 10.1 Å². The summed E-state index contributed by atoms with van der Waals surface area (Å²) in [5, 5.41) is 3.12. The number of alkyl halides is 3. The first-order valence-corrected chi connectivity index (χ1v) is 3.01. The van der Waals surface area contributed by atoms with Crippen LogP contribution < -0.4 is 0 Å². The monoisotopic (exact) mass is 185 g/mol. The fraction of sp³-hybridized carbons (Fsp3) is 0.333. The minimum atomic E-state index is -1.63. The van der Waals surface area contributed by atoms with E-state index in [-0.39, 0.29) is 5.89 Å². The zero-order valence-electron chi connectivity index (χ0n) is 3.94. The molecule has 0 bridgehead atoms. The highest BCUT2D eigenvalue weighted by molar-refractivity contribution is 6.66. The van der Waals surface area contributed by atoms with Gasteiger partial charge in [0.05, 0.1) is 0 Å². The molecule has 9 heavy (non-hydrogen) atoms. The van der Waals surface area contributed by atoms with Gasteiger partial charge in [-0.05, 0) is 0 Å². The van der Waals surface area contributed by atoms with Crippen LogP contribution in [0.25, 0.3) is 0 Å². The highest BCUT2D eigenvalue weighted by Crippen LogP contribution is 2.36. The molecule has 1 aromatic heterocycles. The van der Waals surface area contributed by atoms with Gasteiger partial charge in [-0.15, -0.1) is 0 Å². The molecule has 3 nitrogen and oxygen atoms in total. The topological polar surface area (TPSA) is 38.9 Å². The summed E-state index contributed by atoms with van der Waals surface area (Å²) >= 11 is 15.9. The van der Waals surface area contributed by atoms with Crippen LogP contribution in [-0.4, -0.2) is 10.1 Å². The normalized spacial score (nSPS) is 11.9. The van der Waals surface area contributed by atoms with E-state index in [1.807, 2.05) is 0 Å². The lowest BCUT2D eigenvalue weighted by atomic mass is 10.8. The van der Waals surface area contributed by atoms with Gasteiger partial charge in [-0.2, -0.15) is 4.98 Å². The summed E-state index contributed by atoms with van der Waals surface area (Å²) < 4.78 is 2.75. The van der Waals surface area contributed by atoms with Crippen molar-refractivity contribution in [1.29, 1.82) is 0 Å². The summed E-state index contributed by atoms with van der Waals surface area (Å²) in [6.45, 7) is 0. The maximum atomic E-state index is 5.31. The van der Waals surface area contributed by atoms with Gasteiger partial charge in [0, 0.05) is 0 Å². The van der Waals surface area contributed by atoms with E-state index < -0.39 is 3.79 Å². The summed E-state index contributed by atoms with van der Waals surface area (Å²) in [6.07, 6.45) is 2.12. The number of halogens is 3. The quantitative estimate of drug-likeness (QED) is 0.579. The first-order chi connectivity index (χ1) is 4.11. The van der Waals surface area contributed by atoms with Crippen LogP contribution in [0.15, 0.2) is 4.52 Å². The van der Waals surface area contributed by atoms with Crippen molar-refractivity contribution >= 4 is 34.8 Å². The fourth-order valence-electron chi connectivity index (χ4n) is 0.265. The first kappa shape index (κ1) is 7.12. The van der Waals surface area contributed by atoms with Gasteiger partial charge in [0.1, 0.15) is 0 Å². The molecular formula is C3Cl3N2O. The molecule has 0 spiro atoms. The molecule has 0 N–H and O–H groups in total. The molecule has 6 heteroatoms. The van der Waals surface area contributed by atoms with Crippen molar-refractivity contribution in [2.75, 3.05) is 0 Å². The Morgan fingerprint density at radius 1 is 1.44 bits per heavy atom. The predicted molar refractivity (Wildman–Crippen MR) is 32.4 cm³/mol. The predicted octanol–water partition coefficient (Wildman–Crippen LogP) is 1.70. The van der Waals surface area contributed by atoms with Crippen LogP contribution in [0.2, 0.25) is 0 Å². The molecule has 0 aromatic carbocycles. The zero-order valence-corrected chi connectivity index (χ0v) is 6.20. The van der Waals surface area contributed by atoms with E-state index in [9.17, 15) is 0 Å². The third-order valence-electron chi connectivity index (χ3n) is 0.567. The highest BCUT2D eigenvalue weighted by atomic mass is 35.6. The summed E-state index contributed by atoms with van der Waals surface area (Å²) in [5.74, 6) is -0.0764. The van der Waals surface area contributed by atoms with Crippen molar-refractivity contribution < 1.29 is 4.52 Å². The molecule has 0 saturated heterocycles. The van der Waals surface area contributed by atoms with Gasteiger partial charge in [-0.25, -0.2) is 0 Å². The zero-order chi connectivity index (χ0) is 6.91. The summed E-state index contributed by atoms with van der Waals surface area (Å²) in [6, 6.07) is 0. The lowest BCUT2D eigenvalue weighted by molar-refractivity contribution is 0.381. The average molecular weight is 186 g/mol. The van der Waals surface area contributed by atoms with Crippen molar-refractivity contribution in [3.05, 3.63) is 12.2 Å². The van der Waals surface area contributed by atoms with Crippen LogP contribution in [0.5, 0.6) is 0 Å². The molecule has 0 amide bonds. The van der Waals surface area contributed by atoms with Crippen molar-refractivity contribution in [3.8, 4) is 0 Å². The van der Waals surface area contributed by atoms with Gasteiger partial charge in [-0.3, -0.25) is 0 Å². The third kappa shape index (κ3) is 1.71. The van der Waals surface area contributed by atoms with Crippen molar-refractivity contribution in [2.24, 2.45) is 0 Å². The lowest BCUT2D eigenvalue weighted by Crippen LogP contribution is -1.99. The molecular weight excluding hydrogens is 186 g/mol. The molecule has 0 aliphatic heterocycles. The standard InChI is InChI=1S/C3Cl3N2O/c4-3(5,6)2-7-1-8-9-2. The number of nitrogens with zero attached hydrogens (tertiary/aromatic N) is 2. The van der Waals surface area contributed by atoms with Gasteiger partial charge in [-0.1, -0.05) is 40.0 Å². The second kappa shape index (κ2) is 2.33. The van der Waals surface area contributed by atoms with Crippen LogP contribution in [0, 0.1) is 6.33 Å². The summed E-state index contributed by atoms with van der Waals surface area (Å²) in [7, 11) is 0. The second-order valence-electron chi connectivity index (χ2n) is 1.20. The molecule has 0 fully saturated rings. The second-order valence-corrected chi connectivity index (χ2v) is 3.48. The van der Waals surface area contributed by atoms with E-state index >= 15 is 0 Å². The number of rotatable bonds is 0. The molecule has 0 aliphatic rings. The Hall–Kier alpha value is 0.01000. The summed E-state index contributed by atoms with van der Waals surface area (Å²) in [5.41, 5.74) is 0. The molecule has 0 unspecified atom stereocenters. The Bertz CT molecular complexity index is 179.